The highest BCUT2D eigenvalue weighted by atomic mass is 35.5. The van der Waals surface area contributed by atoms with Gasteiger partial charge in [-0.1, -0.05) is 42.6 Å². The molecule has 1 aliphatic carbocycles. The Balaban J connectivity index is 1.47. The number of hydrogen-bond acceptors (Lipinski definition) is 4. The molecule has 2 amide bonds. The van der Waals surface area contributed by atoms with E-state index in [9.17, 15) is 14.0 Å². The molecule has 2 heterocycles. The number of halogens is 2. The Morgan fingerprint density at radius 3 is 2.77 bits per heavy atom. The lowest BCUT2D eigenvalue weighted by Gasteiger charge is -2.24. The largest absolute Gasteiger partial charge is 0.488 e. The Bertz CT molecular complexity index is 1290. The molecule has 1 saturated carbocycles. The maximum atomic E-state index is 14.5. The maximum absolute atomic E-state index is 14.5. The Labute approximate surface area is 207 Å². The predicted molar refractivity (Wildman–Crippen MR) is 130 cm³/mol. The number of nitrogens with zero attached hydrogens (tertiary/aromatic N) is 3. The van der Waals surface area contributed by atoms with Crippen LogP contribution in [-0.2, 0) is 25.0 Å². The standard InChI is InChI=1S/C26H26ClFN4O3/c1-31-25-19-12-17(27)10-11-22(19)35-15-20(25)24(30-31)26(34)32(13-16-6-2-5-9-21(16)28)14-23(33)29-18-7-3-4-8-18/h2,5-6,9-12,18H,3-4,7-8,13-15H2,1H3,(H,29,33). The Morgan fingerprint density at radius 1 is 1.23 bits per heavy atom. The van der Waals surface area contributed by atoms with Gasteiger partial charge in [-0.3, -0.25) is 14.3 Å². The lowest BCUT2D eigenvalue weighted by molar-refractivity contribution is -0.122. The molecule has 2 aromatic carbocycles. The first-order valence-corrected chi connectivity index (χ1v) is 12.1. The van der Waals surface area contributed by atoms with Gasteiger partial charge in [0.2, 0.25) is 5.91 Å². The van der Waals surface area contributed by atoms with Crippen LogP contribution in [0.25, 0.3) is 11.3 Å². The highest BCUT2D eigenvalue weighted by Gasteiger charge is 2.32. The van der Waals surface area contributed by atoms with Gasteiger partial charge in [-0.25, -0.2) is 4.39 Å². The summed E-state index contributed by atoms with van der Waals surface area (Å²) in [6, 6.07) is 11.7. The summed E-state index contributed by atoms with van der Waals surface area (Å²) in [5.74, 6) is -0.500. The van der Waals surface area contributed by atoms with Crippen molar-refractivity contribution in [3.05, 3.63) is 70.1 Å². The van der Waals surface area contributed by atoms with E-state index in [2.05, 4.69) is 10.4 Å². The molecule has 9 heteroatoms. The summed E-state index contributed by atoms with van der Waals surface area (Å²) in [7, 11) is 1.75. The third kappa shape index (κ3) is 4.75. The summed E-state index contributed by atoms with van der Waals surface area (Å²) < 4.78 is 22.0. The topological polar surface area (TPSA) is 76.5 Å². The second-order valence-corrected chi connectivity index (χ2v) is 9.47. The van der Waals surface area contributed by atoms with Crippen molar-refractivity contribution in [1.29, 1.82) is 0 Å². The predicted octanol–water partition coefficient (Wildman–Crippen LogP) is 4.47. The van der Waals surface area contributed by atoms with Gasteiger partial charge in [0.15, 0.2) is 5.69 Å². The number of fused-ring (bicyclic) bond motifs is 3. The number of aryl methyl sites for hydroxylation is 1. The Kier molecular flexibility index (Phi) is 6.47. The molecule has 182 valence electrons. The van der Waals surface area contributed by atoms with Crippen molar-refractivity contribution in [3.8, 4) is 17.0 Å². The average Bonchev–Trinajstić information content (AvgIpc) is 3.47. The summed E-state index contributed by atoms with van der Waals surface area (Å²) in [4.78, 5) is 28.0. The molecule has 5 rings (SSSR count). The molecule has 1 aromatic heterocycles. The van der Waals surface area contributed by atoms with Crippen LogP contribution in [0.15, 0.2) is 42.5 Å². The lowest BCUT2D eigenvalue weighted by Crippen LogP contribution is -2.43. The first kappa shape index (κ1) is 23.4. The number of carbonyl (C=O) groups excluding carboxylic acids is 2. The number of rotatable bonds is 6. The van der Waals surface area contributed by atoms with Gasteiger partial charge in [0.25, 0.3) is 5.91 Å². The third-order valence-electron chi connectivity index (χ3n) is 6.58. The first-order chi connectivity index (χ1) is 16.9. The molecule has 35 heavy (non-hydrogen) atoms. The molecule has 0 unspecified atom stereocenters. The number of amides is 2. The maximum Gasteiger partial charge on any atom is 0.275 e. The van der Waals surface area contributed by atoms with Gasteiger partial charge in [0, 0.05) is 41.3 Å². The van der Waals surface area contributed by atoms with Crippen LogP contribution in [0.1, 0.15) is 47.3 Å². The van der Waals surface area contributed by atoms with Crippen LogP contribution in [0.3, 0.4) is 0 Å². The van der Waals surface area contributed by atoms with E-state index in [1.807, 2.05) is 0 Å². The average molecular weight is 497 g/mol. The number of hydrogen-bond donors (Lipinski definition) is 1. The monoisotopic (exact) mass is 496 g/mol. The molecule has 1 aliphatic heterocycles. The van der Waals surface area contributed by atoms with Crippen LogP contribution in [0, 0.1) is 5.82 Å². The van der Waals surface area contributed by atoms with Crippen LogP contribution < -0.4 is 10.1 Å². The SMILES string of the molecule is Cn1nc(C(=O)N(CC(=O)NC2CCCC2)Cc2ccccc2F)c2c1-c1cc(Cl)ccc1OC2. The zero-order valence-electron chi connectivity index (χ0n) is 19.4. The van der Waals surface area contributed by atoms with Crippen molar-refractivity contribution in [2.45, 2.75) is 44.9 Å². The van der Waals surface area contributed by atoms with Crippen molar-refractivity contribution >= 4 is 23.4 Å². The van der Waals surface area contributed by atoms with Gasteiger partial charge in [-0.15, -0.1) is 0 Å². The van der Waals surface area contributed by atoms with Crippen molar-refractivity contribution < 1.29 is 18.7 Å². The molecule has 1 fully saturated rings. The molecule has 1 N–H and O–H groups in total. The van der Waals surface area contributed by atoms with E-state index in [-0.39, 0.29) is 37.3 Å². The van der Waals surface area contributed by atoms with Crippen molar-refractivity contribution in [2.75, 3.05) is 6.54 Å². The van der Waals surface area contributed by atoms with E-state index < -0.39 is 11.7 Å². The summed E-state index contributed by atoms with van der Waals surface area (Å²) in [5.41, 5.74) is 2.60. The molecule has 0 spiro atoms. The van der Waals surface area contributed by atoms with E-state index in [1.165, 1.54) is 11.0 Å². The molecule has 2 aliphatic rings. The summed E-state index contributed by atoms with van der Waals surface area (Å²) in [5, 5.41) is 8.05. The van der Waals surface area contributed by atoms with E-state index in [4.69, 9.17) is 16.3 Å². The fraction of sp³-hybridized carbons (Fsp3) is 0.346. The van der Waals surface area contributed by atoms with Gasteiger partial charge in [-0.05, 0) is 37.1 Å². The second kappa shape index (κ2) is 9.70. The molecular formula is C26H26ClFN4O3. The van der Waals surface area contributed by atoms with Crippen LogP contribution in [0.5, 0.6) is 5.75 Å². The zero-order valence-corrected chi connectivity index (χ0v) is 20.1. The van der Waals surface area contributed by atoms with Gasteiger partial charge in [0.1, 0.15) is 24.7 Å². The number of benzene rings is 2. The van der Waals surface area contributed by atoms with Gasteiger partial charge >= 0.3 is 0 Å². The van der Waals surface area contributed by atoms with Crippen LogP contribution in [0.4, 0.5) is 4.39 Å². The highest BCUT2D eigenvalue weighted by molar-refractivity contribution is 6.31. The van der Waals surface area contributed by atoms with Gasteiger partial charge < -0.3 is 15.0 Å². The van der Waals surface area contributed by atoms with E-state index in [0.29, 0.717) is 21.9 Å². The minimum Gasteiger partial charge on any atom is -0.488 e. The van der Waals surface area contributed by atoms with Crippen LogP contribution in [-0.4, -0.2) is 39.1 Å². The molecule has 3 aromatic rings. The van der Waals surface area contributed by atoms with E-state index in [1.54, 1.807) is 48.1 Å². The Morgan fingerprint density at radius 2 is 2.00 bits per heavy atom. The summed E-state index contributed by atoms with van der Waals surface area (Å²) in [6.07, 6.45) is 4.02. The van der Waals surface area contributed by atoms with Gasteiger partial charge in [0.05, 0.1) is 5.69 Å². The van der Waals surface area contributed by atoms with Crippen molar-refractivity contribution in [1.82, 2.24) is 20.0 Å². The van der Waals surface area contributed by atoms with Crippen LogP contribution >= 0.6 is 11.6 Å². The van der Waals surface area contributed by atoms with E-state index in [0.717, 1.165) is 36.9 Å². The second-order valence-electron chi connectivity index (χ2n) is 9.03. The summed E-state index contributed by atoms with van der Waals surface area (Å²) in [6.45, 7) is -0.100. The smallest absolute Gasteiger partial charge is 0.275 e. The Hall–Kier alpha value is -3.39. The van der Waals surface area contributed by atoms with Gasteiger partial charge in [-0.2, -0.15) is 5.10 Å². The third-order valence-corrected chi connectivity index (χ3v) is 6.81. The fourth-order valence-electron chi connectivity index (χ4n) is 4.87. The van der Waals surface area contributed by atoms with Crippen molar-refractivity contribution in [3.63, 3.8) is 0 Å². The molecule has 0 atom stereocenters. The number of aromatic nitrogens is 2. The van der Waals surface area contributed by atoms with Crippen molar-refractivity contribution in [2.24, 2.45) is 7.05 Å². The highest BCUT2D eigenvalue weighted by Crippen LogP contribution is 2.40. The minimum atomic E-state index is -0.458. The molecule has 0 radical (unpaired) electrons. The lowest BCUT2D eigenvalue weighted by atomic mass is 10.0. The first-order valence-electron chi connectivity index (χ1n) is 11.7. The minimum absolute atomic E-state index is 0.0573. The number of ether oxygens (including phenoxy) is 1. The van der Waals surface area contributed by atoms with Crippen LogP contribution in [0.2, 0.25) is 5.02 Å². The quantitative estimate of drug-likeness (QED) is 0.546. The normalized spacial score (nSPS) is 14.7. The number of carbonyl (C=O) groups is 2. The zero-order chi connectivity index (χ0) is 24.5. The van der Waals surface area contributed by atoms with E-state index >= 15 is 0 Å². The summed E-state index contributed by atoms with van der Waals surface area (Å²) >= 11 is 6.21. The number of nitrogens with one attached hydrogen (secondary N) is 1. The molecule has 0 bridgehead atoms. The fourth-order valence-corrected chi connectivity index (χ4v) is 5.05. The molecule has 0 saturated heterocycles. The molecule has 7 nitrogen and oxygen atoms in total. The molecular weight excluding hydrogens is 471 g/mol.